The second kappa shape index (κ2) is 10.3. The molecule has 0 fully saturated rings. The number of nitrogens with zero attached hydrogens (tertiary/aromatic N) is 2. The van der Waals surface area contributed by atoms with E-state index in [1.807, 2.05) is 0 Å². The topological polar surface area (TPSA) is 130 Å². The van der Waals surface area contributed by atoms with E-state index in [0.717, 1.165) is 6.07 Å². The Morgan fingerprint density at radius 2 is 1.84 bits per heavy atom. The molecule has 0 radical (unpaired) electrons. The maximum absolute atomic E-state index is 13.2. The van der Waals surface area contributed by atoms with Crippen LogP contribution in [0.5, 0.6) is 5.75 Å². The number of ether oxygens (including phenoxy) is 2. The Kier molecular flexibility index (Phi) is 7.11. The first-order chi connectivity index (χ1) is 17.7. The summed E-state index contributed by atoms with van der Waals surface area (Å²) in [6.45, 7) is 1.62. The van der Waals surface area contributed by atoms with Crippen LogP contribution >= 0.6 is 0 Å². The number of nitrogens with one attached hydrogen (secondary N) is 1. The number of amides is 1. The first kappa shape index (κ1) is 25.6. The average molecular weight is 514 g/mol. The van der Waals surface area contributed by atoms with Crippen molar-refractivity contribution in [2.24, 2.45) is 5.73 Å². The van der Waals surface area contributed by atoms with Gasteiger partial charge in [0.15, 0.2) is 11.5 Å². The van der Waals surface area contributed by atoms with E-state index in [4.69, 9.17) is 19.6 Å². The summed E-state index contributed by atoms with van der Waals surface area (Å²) in [5, 5.41) is 2.87. The normalized spacial score (nSPS) is 11.4. The highest BCUT2D eigenvalue weighted by atomic mass is 19.4. The molecule has 2 heterocycles. The minimum absolute atomic E-state index is 0.0324. The second-order valence-electron chi connectivity index (χ2n) is 7.62. The Bertz CT molecular complexity index is 1480. The molecule has 192 valence electrons. The number of hydrogen-bond acceptors (Lipinski definition) is 8. The molecule has 12 heteroatoms. The van der Waals surface area contributed by atoms with Crippen LogP contribution in [0, 0.1) is 0 Å². The van der Waals surface area contributed by atoms with Gasteiger partial charge in [0.2, 0.25) is 5.89 Å². The Morgan fingerprint density at radius 3 is 2.51 bits per heavy atom. The van der Waals surface area contributed by atoms with Gasteiger partial charge in [-0.05, 0) is 43.3 Å². The van der Waals surface area contributed by atoms with Crippen LogP contribution in [0.2, 0.25) is 0 Å². The molecule has 37 heavy (non-hydrogen) atoms. The molecule has 0 atom stereocenters. The smallest absolute Gasteiger partial charge is 0.433 e. The van der Waals surface area contributed by atoms with Crippen LogP contribution in [0.3, 0.4) is 0 Å². The number of esters is 1. The van der Waals surface area contributed by atoms with Gasteiger partial charge < -0.3 is 24.9 Å². The number of nitrogens with two attached hydrogens (primary N) is 1. The van der Waals surface area contributed by atoms with Crippen LogP contribution in [-0.2, 0) is 17.5 Å². The number of halogens is 3. The highest BCUT2D eigenvalue weighted by Crippen LogP contribution is 2.37. The van der Waals surface area contributed by atoms with E-state index < -0.39 is 23.7 Å². The number of methoxy groups -OCH3 is 1. The van der Waals surface area contributed by atoms with Crippen LogP contribution < -0.4 is 15.8 Å². The highest BCUT2D eigenvalue weighted by Gasteiger charge is 2.33. The zero-order valence-corrected chi connectivity index (χ0v) is 19.7. The molecule has 0 bridgehead atoms. The lowest BCUT2D eigenvalue weighted by atomic mass is 10.1. The molecule has 0 aliphatic heterocycles. The number of para-hydroxylation sites is 1. The quantitative estimate of drug-likeness (QED) is 0.336. The number of aromatic nitrogens is 2. The number of carbonyl (C=O) groups is 2. The SMILES string of the molecule is CCOC(=O)c1ccccc1NC(=O)c1nc(-c2ccc(OC)c3nc(C(F)(F)F)ccc23)oc1CN. The van der Waals surface area contributed by atoms with E-state index in [1.54, 1.807) is 19.1 Å². The first-order valence-electron chi connectivity index (χ1n) is 11.0. The number of benzene rings is 2. The zero-order valence-electron chi connectivity index (χ0n) is 19.7. The number of anilines is 1. The van der Waals surface area contributed by atoms with Gasteiger partial charge in [0.05, 0.1) is 31.5 Å². The van der Waals surface area contributed by atoms with Crippen LogP contribution in [0.25, 0.3) is 22.4 Å². The lowest BCUT2D eigenvalue weighted by Crippen LogP contribution is -2.18. The molecule has 4 aromatic rings. The number of carbonyl (C=O) groups excluding carboxylic acids is 2. The van der Waals surface area contributed by atoms with Crippen molar-refractivity contribution in [2.45, 2.75) is 19.6 Å². The largest absolute Gasteiger partial charge is 0.494 e. The summed E-state index contributed by atoms with van der Waals surface area (Å²) in [6.07, 6.45) is -4.66. The van der Waals surface area contributed by atoms with E-state index in [2.05, 4.69) is 15.3 Å². The van der Waals surface area contributed by atoms with Gasteiger partial charge in [-0.2, -0.15) is 13.2 Å². The minimum atomic E-state index is -4.66. The van der Waals surface area contributed by atoms with Gasteiger partial charge in [0.25, 0.3) is 5.91 Å². The van der Waals surface area contributed by atoms with Crippen molar-refractivity contribution in [3.63, 3.8) is 0 Å². The second-order valence-corrected chi connectivity index (χ2v) is 7.62. The van der Waals surface area contributed by atoms with Crippen molar-refractivity contribution in [2.75, 3.05) is 19.0 Å². The molecule has 0 unspecified atom stereocenters. The Labute approximate surface area is 208 Å². The number of oxazole rings is 1. The van der Waals surface area contributed by atoms with E-state index >= 15 is 0 Å². The summed E-state index contributed by atoms with van der Waals surface area (Å²) in [5.41, 5.74) is 5.08. The Balaban J connectivity index is 1.75. The Hall–Kier alpha value is -4.45. The zero-order chi connectivity index (χ0) is 26.7. The molecular formula is C25H21F3N4O5. The van der Waals surface area contributed by atoms with Crippen LogP contribution in [-0.4, -0.2) is 35.6 Å². The lowest BCUT2D eigenvalue weighted by molar-refractivity contribution is -0.140. The fourth-order valence-corrected chi connectivity index (χ4v) is 3.64. The molecule has 0 aliphatic rings. The van der Waals surface area contributed by atoms with Crippen LogP contribution in [0.15, 0.2) is 52.9 Å². The van der Waals surface area contributed by atoms with Crippen molar-refractivity contribution in [3.8, 4) is 17.2 Å². The molecule has 0 saturated heterocycles. The molecule has 9 nitrogen and oxygen atoms in total. The number of fused-ring (bicyclic) bond motifs is 1. The number of alkyl halides is 3. The predicted molar refractivity (Wildman–Crippen MR) is 127 cm³/mol. The van der Waals surface area contributed by atoms with Crippen molar-refractivity contribution >= 4 is 28.5 Å². The van der Waals surface area contributed by atoms with E-state index in [1.165, 1.54) is 37.4 Å². The number of rotatable bonds is 7. The summed E-state index contributed by atoms with van der Waals surface area (Å²) < 4.78 is 55.7. The van der Waals surface area contributed by atoms with E-state index in [0.29, 0.717) is 0 Å². The molecule has 4 rings (SSSR count). The van der Waals surface area contributed by atoms with Crippen LogP contribution in [0.1, 0.15) is 39.2 Å². The fourth-order valence-electron chi connectivity index (χ4n) is 3.64. The molecule has 0 aliphatic carbocycles. The predicted octanol–water partition coefficient (Wildman–Crippen LogP) is 4.80. The summed E-state index contributed by atoms with van der Waals surface area (Å²) in [7, 11) is 1.31. The minimum Gasteiger partial charge on any atom is -0.494 e. The van der Waals surface area contributed by atoms with Gasteiger partial charge >= 0.3 is 12.1 Å². The van der Waals surface area contributed by atoms with Crippen molar-refractivity contribution in [3.05, 3.63) is 71.2 Å². The first-order valence-corrected chi connectivity index (χ1v) is 11.0. The van der Waals surface area contributed by atoms with Gasteiger partial charge in [-0.25, -0.2) is 14.8 Å². The molecular weight excluding hydrogens is 493 g/mol. The highest BCUT2D eigenvalue weighted by molar-refractivity contribution is 6.08. The fraction of sp³-hybridized carbons (Fsp3) is 0.200. The molecule has 3 N–H and O–H groups in total. The van der Waals surface area contributed by atoms with Crippen molar-refractivity contribution < 1.29 is 36.7 Å². The number of pyridine rings is 1. The molecule has 0 saturated carbocycles. The van der Waals surface area contributed by atoms with E-state index in [-0.39, 0.29) is 64.0 Å². The molecule has 2 aromatic carbocycles. The standard InChI is InChI=1S/C25H21F3N4O5/c1-3-36-24(34)15-6-4-5-7-16(15)30-22(33)21-18(12-29)37-23(32-21)14-8-10-17(35-2)20-13(14)9-11-19(31-20)25(26,27)28/h4-11H,3,12,29H2,1-2H3,(H,30,33). The summed E-state index contributed by atoms with van der Waals surface area (Å²) in [4.78, 5) is 33.3. The third-order valence-corrected chi connectivity index (χ3v) is 5.33. The summed E-state index contributed by atoms with van der Waals surface area (Å²) in [5.74, 6) is -1.23. The number of hydrogen-bond donors (Lipinski definition) is 2. The van der Waals surface area contributed by atoms with Gasteiger partial charge in [-0.1, -0.05) is 12.1 Å². The molecule has 0 spiro atoms. The van der Waals surface area contributed by atoms with Gasteiger partial charge in [0, 0.05) is 10.9 Å². The lowest BCUT2D eigenvalue weighted by Gasteiger charge is -2.11. The Morgan fingerprint density at radius 1 is 1.08 bits per heavy atom. The summed E-state index contributed by atoms with van der Waals surface area (Å²) in [6, 6.07) is 11.3. The molecule has 2 aromatic heterocycles. The van der Waals surface area contributed by atoms with Gasteiger partial charge in [-0.3, -0.25) is 4.79 Å². The monoisotopic (exact) mass is 514 g/mol. The maximum atomic E-state index is 13.2. The van der Waals surface area contributed by atoms with E-state index in [9.17, 15) is 22.8 Å². The van der Waals surface area contributed by atoms with Gasteiger partial charge in [0.1, 0.15) is 17.0 Å². The average Bonchev–Trinajstić information content (AvgIpc) is 3.32. The molecule has 1 amide bonds. The van der Waals surface area contributed by atoms with Crippen molar-refractivity contribution in [1.82, 2.24) is 9.97 Å². The third-order valence-electron chi connectivity index (χ3n) is 5.33. The van der Waals surface area contributed by atoms with Crippen LogP contribution in [0.4, 0.5) is 18.9 Å². The van der Waals surface area contributed by atoms with Gasteiger partial charge in [-0.15, -0.1) is 0 Å². The van der Waals surface area contributed by atoms with Crippen molar-refractivity contribution in [1.29, 1.82) is 0 Å². The summed E-state index contributed by atoms with van der Waals surface area (Å²) >= 11 is 0. The maximum Gasteiger partial charge on any atom is 0.433 e. The third kappa shape index (κ3) is 5.09.